The normalized spacial score (nSPS) is 14.1. The van der Waals surface area contributed by atoms with Crippen molar-refractivity contribution in [2.75, 3.05) is 85.4 Å². The number of piperidine rings is 2. The molecule has 0 spiro atoms. The van der Waals surface area contributed by atoms with Gasteiger partial charge in [0.05, 0.1) is 59.5 Å². The molecular weight excluding hydrogens is 987 g/mol. The molecule has 22 nitrogen and oxygen atoms in total. The fourth-order valence-corrected chi connectivity index (χ4v) is 10.1. The van der Waals surface area contributed by atoms with Gasteiger partial charge >= 0.3 is 5.97 Å². The molecule has 0 aliphatic carbocycles. The Hall–Kier alpha value is -8.44. The second kappa shape index (κ2) is 23.8. The number of nitrogens with zero attached hydrogens (tertiary/aromatic N) is 18. The largest absolute Gasteiger partial charge is 0.464 e. The van der Waals surface area contributed by atoms with E-state index in [4.69, 9.17) is 9.97 Å². The smallest absolute Gasteiger partial charge is 0.356 e. The molecule has 1 N–H and O–H groups in total. The van der Waals surface area contributed by atoms with Crippen LogP contribution in [0.2, 0.25) is 0 Å². The van der Waals surface area contributed by atoms with Gasteiger partial charge in [0.15, 0.2) is 17.1 Å². The summed E-state index contributed by atoms with van der Waals surface area (Å²) in [6.07, 6.45) is 6.44. The van der Waals surface area contributed by atoms with Crippen LogP contribution in [0.3, 0.4) is 0 Å². The molecule has 406 valence electrons. The van der Waals surface area contributed by atoms with Crippen molar-refractivity contribution in [3.05, 3.63) is 106 Å². The van der Waals surface area contributed by atoms with Crippen molar-refractivity contribution in [1.29, 1.82) is 10.5 Å². The molecule has 2 saturated heterocycles. The van der Waals surface area contributed by atoms with Crippen LogP contribution in [0.4, 0.5) is 11.6 Å². The zero-order valence-electron chi connectivity index (χ0n) is 47.0. The molecule has 0 amide bonds. The number of aryl methyl sites for hydroxylation is 4. The second-order valence-electron chi connectivity index (χ2n) is 20.5. The van der Waals surface area contributed by atoms with Gasteiger partial charge in [0.1, 0.15) is 40.7 Å². The highest BCUT2D eigenvalue weighted by molar-refractivity contribution is 6.07. The maximum atomic E-state index is 13.4. The van der Waals surface area contributed by atoms with Gasteiger partial charge < -0.3 is 33.9 Å². The Kier molecular flexibility index (Phi) is 17.1. The van der Waals surface area contributed by atoms with Crippen molar-refractivity contribution >= 4 is 45.7 Å². The number of hydrogen-bond donors (Lipinski definition) is 1. The number of aromatic nitrogens is 12. The number of pyridine rings is 4. The van der Waals surface area contributed by atoms with Crippen LogP contribution in [-0.4, -0.2) is 173 Å². The molecule has 78 heavy (non-hydrogen) atoms. The quantitative estimate of drug-likeness (QED) is 0.111. The Morgan fingerprint density at radius 2 is 1.17 bits per heavy atom. The standard InChI is InChI=1S/C26H29N9O.C16H26N6.C14H14N4O2/c1-15-22(16(2)34(5)32-15)23-17(14-27)6-7-19(28-23)24(36)26-29-20-8-9-21(30-25(20)31-26)35-12-10-18(11-13-35)33(3)4;1-19(2)12-22-11-17-14-5-6-15(18-16(14)22)21-9-7-13(8-10-21)20(3)4;1-8-12(9(2)18(3)17-8)13-10(7-15)5-6-11(16-13)14(19)20-4/h6-9,18H,10-13H2,1-5H3,(H,29,30,31);5-6,11,13H,7-10,12H2,1-4H3;5-6H,1-4H3. The number of ether oxygens (including phenoxy) is 1. The lowest BCUT2D eigenvalue weighted by molar-refractivity contribution is 0.0594. The minimum absolute atomic E-state index is 0.170. The van der Waals surface area contributed by atoms with Crippen molar-refractivity contribution in [1.82, 2.24) is 73.7 Å². The van der Waals surface area contributed by atoms with E-state index in [-0.39, 0.29) is 23.0 Å². The average molecular weight is 1060 g/mol. The number of carbonyl (C=O) groups excluding carboxylic acids is 2. The zero-order valence-corrected chi connectivity index (χ0v) is 47.0. The van der Waals surface area contributed by atoms with E-state index in [2.05, 4.69) is 135 Å². The maximum Gasteiger partial charge on any atom is 0.356 e. The molecule has 0 bridgehead atoms. The number of aromatic amines is 1. The maximum absolute atomic E-state index is 13.4. The summed E-state index contributed by atoms with van der Waals surface area (Å²) in [5, 5.41) is 27.6. The second-order valence-corrected chi connectivity index (χ2v) is 20.5. The van der Waals surface area contributed by atoms with Crippen LogP contribution < -0.4 is 9.80 Å². The van der Waals surface area contributed by atoms with Crippen molar-refractivity contribution in [2.45, 2.75) is 72.1 Å². The van der Waals surface area contributed by atoms with Gasteiger partial charge in [0, 0.05) is 74.9 Å². The monoisotopic (exact) mass is 1060 g/mol. The number of rotatable bonds is 11. The predicted octanol–water partition coefficient (Wildman–Crippen LogP) is 6.24. The number of carbonyl (C=O) groups is 2. The highest BCUT2D eigenvalue weighted by Crippen LogP contribution is 2.31. The van der Waals surface area contributed by atoms with E-state index in [9.17, 15) is 20.1 Å². The topological polar surface area (TPSA) is 241 Å². The SMILES string of the molecule is CN(C)Cn1cnc2ccc(N3CCC(N(C)C)CC3)nc21.COC(=O)c1ccc(C#N)c(-c2c(C)nn(C)c2C)n1.Cc1nn(C)c(C)c1-c1nc(C(=O)c2nc3nc(N4CCC(N(C)C)CC4)ccc3[nH]2)ccc1C#N. The van der Waals surface area contributed by atoms with Crippen LogP contribution >= 0.6 is 0 Å². The molecule has 8 aromatic rings. The van der Waals surface area contributed by atoms with E-state index in [1.165, 1.54) is 26.0 Å². The van der Waals surface area contributed by atoms with Crippen molar-refractivity contribution in [2.24, 2.45) is 14.1 Å². The summed E-state index contributed by atoms with van der Waals surface area (Å²) >= 11 is 0. The first-order valence-corrected chi connectivity index (χ1v) is 25.9. The average Bonchev–Trinajstić information content (AvgIpc) is 4.20. The Balaban J connectivity index is 0.000000165. The molecule has 0 radical (unpaired) electrons. The Labute approximate surface area is 454 Å². The molecule has 22 heteroatoms. The summed E-state index contributed by atoms with van der Waals surface area (Å²) in [5.74, 6) is 1.22. The molecular formula is C56H69N19O3. The van der Waals surface area contributed by atoms with Crippen molar-refractivity contribution < 1.29 is 14.3 Å². The number of fused-ring (bicyclic) bond motifs is 2. The summed E-state index contributed by atoms with van der Waals surface area (Å²) in [6, 6.07) is 19.9. The van der Waals surface area contributed by atoms with Crippen molar-refractivity contribution in [3.63, 3.8) is 0 Å². The predicted molar refractivity (Wildman–Crippen MR) is 299 cm³/mol. The number of nitriles is 2. The highest BCUT2D eigenvalue weighted by atomic mass is 16.5. The van der Waals surface area contributed by atoms with Gasteiger partial charge in [-0.15, -0.1) is 0 Å². The number of imidazole rings is 2. The number of H-pyrrole nitrogens is 1. The fourth-order valence-electron chi connectivity index (χ4n) is 10.1. The molecule has 2 aliphatic heterocycles. The van der Waals surface area contributed by atoms with E-state index in [0.29, 0.717) is 45.8 Å². The van der Waals surface area contributed by atoms with Crippen LogP contribution in [-0.2, 0) is 25.5 Å². The fraction of sp³-hybridized carbons (Fsp3) is 0.429. The number of nitrogens with one attached hydrogen (secondary N) is 1. The summed E-state index contributed by atoms with van der Waals surface area (Å²) in [7, 11) is 17.7. The minimum atomic E-state index is -0.532. The lowest BCUT2D eigenvalue weighted by atomic mass is 10.0. The third kappa shape index (κ3) is 11.9. The molecule has 10 rings (SSSR count). The number of esters is 1. The highest BCUT2D eigenvalue weighted by Gasteiger charge is 2.26. The van der Waals surface area contributed by atoms with Gasteiger partial charge in [-0.3, -0.25) is 19.1 Å². The first-order valence-electron chi connectivity index (χ1n) is 25.9. The zero-order chi connectivity index (χ0) is 56.1. The van der Waals surface area contributed by atoms with E-state index >= 15 is 0 Å². The van der Waals surface area contributed by atoms with Gasteiger partial charge in [-0.2, -0.15) is 20.7 Å². The third-order valence-corrected chi connectivity index (χ3v) is 14.6. The van der Waals surface area contributed by atoms with E-state index in [1.807, 2.05) is 60.3 Å². The number of ketones is 1. The molecule has 10 heterocycles. The Bertz CT molecular complexity index is 3550. The molecule has 8 aromatic heterocycles. The van der Waals surface area contributed by atoms with Gasteiger partial charge in [-0.25, -0.2) is 34.7 Å². The molecule has 0 saturated carbocycles. The van der Waals surface area contributed by atoms with Crippen LogP contribution in [0.15, 0.2) is 54.9 Å². The van der Waals surface area contributed by atoms with E-state index in [1.54, 1.807) is 27.6 Å². The molecule has 2 fully saturated rings. The summed E-state index contributed by atoms with van der Waals surface area (Å²) in [5.41, 5.74) is 10.00. The van der Waals surface area contributed by atoms with Crippen molar-refractivity contribution in [3.8, 4) is 34.7 Å². The molecule has 2 aliphatic rings. The van der Waals surface area contributed by atoms with Gasteiger partial charge in [0.2, 0.25) is 5.78 Å². The molecule has 0 unspecified atom stereocenters. The first-order chi connectivity index (χ1) is 37.3. The lowest BCUT2D eigenvalue weighted by Crippen LogP contribution is -2.42. The minimum Gasteiger partial charge on any atom is -0.464 e. The first kappa shape index (κ1) is 55.8. The Morgan fingerprint density at radius 1 is 0.667 bits per heavy atom. The summed E-state index contributed by atoms with van der Waals surface area (Å²) in [4.78, 5) is 66.8. The summed E-state index contributed by atoms with van der Waals surface area (Å²) < 4.78 is 10.2. The molecule has 0 aromatic carbocycles. The van der Waals surface area contributed by atoms with Gasteiger partial charge in [-0.05, 0) is 144 Å². The third-order valence-electron chi connectivity index (χ3n) is 14.6. The number of methoxy groups -OCH3 is 1. The summed E-state index contributed by atoms with van der Waals surface area (Å²) in [6.45, 7) is 12.3. The van der Waals surface area contributed by atoms with Crippen LogP contribution in [0.5, 0.6) is 0 Å². The van der Waals surface area contributed by atoms with Crippen LogP contribution in [0.25, 0.3) is 44.8 Å². The Morgan fingerprint density at radius 3 is 1.64 bits per heavy atom. The van der Waals surface area contributed by atoms with Gasteiger partial charge in [-0.1, -0.05) is 0 Å². The number of hydrogen-bond acceptors (Lipinski definition) is 18. The molecule has 0 atom stereocenters. The van der Waals surface area contributed by atoms with Crippen LogP contribution in [0, 0.1) is 50.4 Å². The number of anilines is 2. The van der Waals surface area contributed by atoms with Crippen LogP contribution in [0.1, 0.15) is 86.4 Å². The van der Waals surface area contributed by atoms with Gasteiger partial charge in [0.25, 0.3) is 0 Å². The lowest BCUT2D eigenvalue weighted by Gasteiger charge is -2.35. The van der Waals surface area contributed by atoms with E-state index < -0.39 is 5.97 Å². The van der Waals surface area contributed by atoms with E-state index in [0.717, 1.165) is 102 Å².